The normalized spacial score (nSPS) is 10.7. The molecule has 0 saturated carbocycles. The Balaban J connectivity index is 2.86. The zero-order valence-corrected chi connectivity index (χ0v) is 6.50. The van der Waals surface area contributed by atoms with Gasteiger partial charge in [-0.05, 0) is 19.1 Å². The van der Waals surface area contributed by atoms with E-state index in [0.717, 1.165) is 16.9 Å². The summed E-state index contributed by atoms with van der Waals surface area (Å²) in [6, 6.07) is 3.97. The summed E-state index contributed by atoms with van der Waals surface area (Å²) in [7, 11) is 1.91. The highest BCUT2D eigenvalue weighted by molar-refractivity contribution is 5.70. The van der Waals surface area contributed by atoms with Crippen molar-refractivity contribution in [3.63, 3.8) is 0 Å². The third kappa shape index (κ3) is 0.888. The number of hydrogen-bond donors (Lipinski definition) is 0. The average Bonchev–Trinajstić information content (AvgIpc) is 2.32. The van der Waals surface area contributed by atoms with Gasteiger partial charge in [0.25, 0.3) is 0 Å². The first-order valence-electron chi connectivity index (χ1n) is 3.45. The largest absolute Gasteiger partial charge is 0.323 e. The van der Waals surface area contributed by atoms with Crippen molar-refractivity contribution in [2.45, 2.75) is 6.92 Å². The monoisotopic (exact) mass is 146 g/mol. The zero-order valence-electron chi connectivity index (χ0n) is 6.50. The molecule has 0 aliphatic heterocycles. The molecule has 3 nitrogen and oxygen atoms in total. The van der Waals surface area contributed by atoms with Crippen molar-refractivity contribution in [2.75, 3.05) is 0 Å². The quantitative estimate of drug-likeness (QED) is 0.556. The summed E-state index contributed by atoms with van der Waals surface area (Å²) in [5.41, 5.74) is 2.78. The lowest BCUT2D eigenvalue weighted by molar-refractivity contribution is 0.936. The van der Waals surface area contributed by atoms with Crippen molar-refractivity contribution in [2.24, 2.45) is 7.05 Å². The first kappa shape index (κ1) is 6.34. The maximum absolute atomic E-state index is 4.23. The van der Waals surface area contributed by atoms with Gasteiger partial charge in [0.2, 0.25) is 0 Å². The van der Waals surface area contributed by atoms with Crippen molar-refractivity contribution in [3.8, 4) is 0 Å². The molecule has 0 saturated heterocycles. The molecule has 0 bridgehead atoms. The van der Waals surface area contributed by atoms with E-state index in [4.69, 9.17) is 0 Å². The van der Waals surface area contributed by atoms with Crippen molar-refractivity contribution < 1.29 is 0 Å². The molecule has 0 aliphatic carbocycles. The van der Waals surface area contributed by atoms with Gasteiger partial charge in [-0.2, -0.15) is 0 Å². The zero-order chi connectivity index (χ0) is 7.84. The van der Waals surface area contributed by atoms with Crippen LogP contribution in [0.5, 0.6) is 0 Å². The van der Waals surface area contributed by atoms with Crippen LogP contribution in [0.1, 0.15) is 5.69 Å². The van der Waals surface area contributed by atoms with Gasteiger partial charge in [-0.1, -0.05) is 0 Å². The molecule has 3 heteroatoms. The number of imidazole rings is 1. The minimum atomic E-state index is 0.771. The fourth-order valence-corrected chi connectivity index (χ4v) is 1.06. The number of hydrogen-bond acceptors (Lipinski definition) is 2. The van der Waals surface area contributed by atoms with Crippen molar-refractivity contribution >= 4 is 11.2 Å². The van der Waals surface area contributed by atoms with E-state index in [9.17, 15) is 0 Å². The van der Waals surface area contributed by atoms with E-state index in [1.165, 1.54) is 0 Å². The van der Waals surface area contributed by atoms with E-state index >= 15 is 0 Å². The third-order valence-corrected chi connectivity index (χ3v) is 1.66. The van der Waals surface area contributed by atoms with Crippen LogP contribution in [0.2, 0.25) is 0 Å². The molecular formula is C8H8N3. The highest BCUT2D eigenvalue weighted by Gasteiger charge is 1.99. The van der Waals surface area contributed by atoms with E-state index in [-0.39, 0.29) is 0 Å². The molecule has 1 radical (unpaired) electrons. The Morgan fingerprint density at radius 2 is 2.27 bits per heavy atom. The van der Waals surface area contributed by atoms with Gasteiger partial charge in [-0.15, -0.1) is 0 Å². The van der Waals surface area contributed by atoms with E-state index in [0.29, 0.717) is 0 Å². The number of fused-ring (bicyclic) bond motifs is 1. The summed E-state index contributed by atoms with van der Waals surface area (Å²) in [4.78, 5) is 8.24. The van der Waals surface area contributed by atoms with E-state index in [1.807, 2.05) is 30.7 Å². The minimum Gasteiger partial charge on any atom is -0.323 e. The molecule has 0 spiro atoms. The molecule has 0 aromatic carbocycles. The summed E-state index contributed by atoms with van der Waals surface area (Å²) in [6.45, 7) is 1.95. The highest BCUT2D eigenvalue weighted by Crippen LogP contribution is 2.08. The smallest absolute Gasteiger partial charge is 0.179 e. The van der Waals surface area contributed by atoms with Crippen LogP contribution in [-0.4, -0.2) is 14.5 Å². The van der Waals surface area contributed by atoms with Crippen LogP contribution in [0.4, 0.5) is 0 Å². The maximum atomic E-state index is 4.23. The molecule has 2 heterocycles. The van der Waals surface area contributed by atoms with Crippen molar-refractivity contribution in [3.05, 3.63) is 24.2 Å². The molecule has 0 aliphatic rings. The molecule has 2 aromatic rings. The summed E-state index contributed by atoms with van der Waals surface area (Å²) < 4.78 is 1.84. The molecule has 0 fully saturated rings. The van der Waals surface area contributed by atoms with Crippen molar-refractivity contribution in [1.29, 1.82) is 0 Å². The molecule has 0 amide bonds. The van der Waals surface area contributed by atoms with Crippen LogP contribution in [0.25, 0.3) is 11.2 Å². The molecule has 55 valence electrons. The highest BCUT2D eigenvalue weighted by atomic mass is 15.1. The average molecular weight is 146 g/mol. The van der Waals surface area contributed by atoms with Gasteiger partial charge < -0.3 is 4.57 Å². The first-order valence-corrected chi connectivity index (χ1v) is 3.45. The lowest BCUT2D eigenvalue weighted by atomic mass is 10.3. The van der Waals surface area contributed by atoms with E-state index in [1.54, 1.807) is 0 Å². The Labute approximate surface area is 64.7 Å². The molecule has 2 rings (SSSR count). The Morgan fingerprint density at radius 3 is 3.09 bits per heavy atom. The third-order valence-electron chi connectivity index (χ3n) is 1.66. The molecule has 2 aromatic heterocycles. The summed E-state index contributed by atoms with van der Waals surface area (Å²) >= 11 is 0. The topological polar surface area (TPSA) is 30.7 Å². The van der Waals surface area contributed by atoms with Gasteiger partial charge in [0, 0.05) is 12.7 Å². The fourth-order valence-electron chi connectivity index (χ4n) is 1.06. The van der Waals surface area contributed by atoms with Gasteiger partial charge in [0.15, 0.2) is 12.0 Å². The number of rotatable bonds is 0. The van der Waals surface area contributed by atoms with E-state index in [2.05, 4.69) is 16.3 Å². The van der Waals surface area contributed by atoms with Crippen LogP contribution >= 0.6 is 0 Å². The SMILES string of the molecule is Cc1ccc2c(n[c]n2C)n1. The van der Waals surface area contributed by atoms with Gasteiger partial charge in [-0.3, -0.25) is 0 Å². The number of aromatic nitrogens is 3. The van der Waals surface area contributed by atoms with Crippen LogP contribution in [0.3, 0.4) is 0 Å². The van der Waals surface area contributed by atoms with Crippen LogP contribution in [0.15, 0.2) is 12.1 Å². The second-order valence-electron chi connectivity index (χ2n) is 2.57. The van der Waals surface area contributed by atoms with Gasteiger partial charge in [-0.25, -0.2) is 9.97 Å². The fraction of sp³-hybridized carbons (Fsp3) is 0.250. The lowest BCUT2D eigenvalue weighted by Crippen LogP contribution is -1.85. The standard InChI is InChI=1S/C8H8N3/c1-6-3-4-7-8(10-6)9-5-11(7)2/h3-4H,1-2H3. The maximum Gasteiger partial charge on any atom is 0.179 e. The first-order chi connectivity index (χ1) is 5.27. The Bertz CT molecular complexity index is 389. The summed E-state index contributed by atoms with van der Waals surface area (Å²) in [5.74, 6) is 0. The summed E-state index contributed by atoms with van der Waals surface area (Å²) in [5, 5.41) is 0. The number of nitrogens with zero attached hydrogens (tertiary/aromatic N) is 3. The summed E-state index contributed by atoms with van der Waals surface area (Å²) in [6.07, 6.45) is 2.81. The van der Waals surface area contributed by atoms with Crippen LogP contribution in [-0.2, 0) is 7.05 Å². The molecule has 0 atom stereocenters. The molecule has 0 unspecified atom stereocenters. The number of aryl methyl sites for hydroxylation is 2. The van der Waals surface area contributed by atoms with Gasteiger partial charge in [0.05, 0.1) is 5.52 Å². The second-order valence-corrected chi connectivity index (χ2v) is 2.57. The second kappa shape index (κ2) is 2.05. The predicted octanol–water partition coefficient (Wildman–Crippen LogP) is 1.08. The Kier molecular flexibility index (Phi) is 1.18. The molecule has 11 heavy (non-hydrogen) atoms. The van der Waals surface area contributed by atoms with Gasteiger partial charge in [0.1, 0.15) is 0 Å². The Morgan fingerprint density at radius 1 is 1.45 bits per heavy atom. The van der Waals surface area contributed by atoms with Crippen LogP contribution < -0.4 is 0 Å². The Hall–Kier alpha value is -1.38. The van der Waals surface area contributed by atoms with Crippen molar-refractivity contribution in [1.82, 2.24) is 14.5 Å². The predicted molar refractivity (Wildman–Crippen MR) is 42.1 cm³/mol. The molecule has 0 N–H and O–H groups in total. The van der Waals surface area contributed by atoms with E-state index < -0.39 is 0 Å². The van der Waals surface area contributed by atoms with Crippen LogP contribution in [0, 0.1) is 13.3 Å². The lowest BCUT2D eigenvalue weighted by Gasteiger charge is -1.92. The molecular weight excluding hydrogens is 138 g/mol. The minimum absolute atomic E-state index is 0.771. The number of pyridine rings is 1. The van der Waals surface area contributed by atoms with Gasteiger partial charge >= 0.3 is 0 Å².